The number of allylic oxidation sites excluding steroid dienone is 2. The average molecular weight is 513 g/mol. The lowest BCUT2D eigenvalue weighted by molar-refractivity contribution is -0.120. The van der Waals surface area contributed by atoms with Crippen molar-refractivity contribution < 1.29 is 28.5 Å². The van der Waals surface area contributed by atoms with E-state index in [4.69, 9.17) is 0 Å². The van der Waals surface area contributed by atoms with Gasteiger partial charge in [0.2, 0.25) is 7.44 Å². The Labute approximate surface area is 211 Å². The lowest BCUT2D eigenvalue weighted by Crippen LogP contribution is -2.38. The van der Waals surface area contributed by atoms with Gasteiger partial charge in [0.1, 0.15) is 23.1 Å². The van der Waals surface area contributed by atoms with E-state index in [0.717, 1.165) is 0 Å². The Morgan fingerprint density at radius 3 is 1.17 bits per heavy atom. The Morgan fingerprint density at radius 1 is 0.600 bits per heavy atom. The van der Waals surface area contributed by atoms with Crippen LogP contribution in [0.3, 0.4) is 0 Å². The van der Waals surface area contributed by atoms with Crippen LogP contribution in [0.1, 0.15) is 92.4 Å². The number of carbonyl (C=O) groups excluding carboxylic acids is 5. The third-order valence-corrected chi connectivity index (χ3v) is 9.43. The summed E-state index contributed by atoms with van der Waals surface area (Å²) in [6, 6.07) is 0. The van der Waals surface area contributed by atoms with Gasteiger partial charge in [0.05, 0.1) is 0 Å². The molecule has 0 unspecified atom stereocenters. The van der Waals surface area contributed by atoms with E-state index in [0.29, 0.717) is 25.7 Å². The molecule has 8 nitrogen and oxygen atoms in total. The average Bonchev–Trinajstić information content (AvgIpc) is 2.86. The van der Waals surface area contributed by atoms with Crippen molar-refractivity contribution in [2.45, 2.75) is 92.4 Å². The third-order valence-electron chi connectivity index (χ3n) is 6.06. The van der Waals surface area contributed by atoms with Crippen LogP contribution < -0.4 is 0 Å². The minimum absolute atomic E-state index is 0.0160. The summed E-state index contributed by atoms with van der Waals surface area (Å²) < 4.78 is 18.1. The van der Waals surface area contributed by atoms with Crippen molar-refractivity contribution in [1.82, 2.24) is 9.34 Å². The summed E-state index contributed by atoms with van der Waals surface area (Å²) in [4.78, 5) is 60.8. The quantitative estimate of drug-likeness (QED) is 0.150. The summed E-state index contributed by atoms with van der Waals surface area (Å²) in [7, 11) is -3.48. The second-order valence-electron chi connectivity index (χ2n) is 8.58. The molecule has 0 aromatic carbocycles. The van der Waals surface area contributed by atoms with E-state index < -0.39 is 7.44 Å². The summed E-state index contributed by atoms with van der Waals surface area (Å²) in [6.45, 7) is 9.57. The molecule has 0 spiro atoms. The second-order valence-corrected chi connectivity index (χ2v) is 11.5. The van der Waals surface area contributed by atoms with Crippen LogP contribution in [0.4, 0.5) is 0 Å². The maximum Gasteiger partial charge on any atom is 0.217 e. The van der Waals surface area contributed by atoms with Crippen LogP contribution in [0.2, 0.25) is 0 Å². The summed E-state index contributed by atoms with van der Waals surface area (Å²) in [5.41, 5.74) is 0. The molecule has 200 valence electrons. The Bertz CT molecular complexity index is 705. The van der Waals surface area contributed by atoms with E-state index >= 15 is 0 Å². The fraction of sp³-hybridized carbons (Fsp3) is 0.731. The number of carbonyl (C=O) groups is 5. The van der Waals surface area contributed by atoms with Crippen LogP contribution in [-0.4, -0.2) is 70.6 Å². The minimum atomic E-state index is -3.48. The molecular formula is C26H45N2O6P. The number of nitrogens with zero attached hydrogens (tertiary/aromatic N) is 2. The van der Waals surface area contributed by atoms with Crippen molar-refractivity contribution in [3.05, 3.63) is 12.2 Å². The molecular weight excluding hydrogens is 467 g/mol. The topological polar surface area (TPSA) is 109 Å². The molecule has 0 amide bonds. The molecule has 35 heavy (non-hydrogen) atoms. The van der Waals surface area contributed by atoms with Gasteiger partial charge in [-0.1, -0.05) is 33.8 Å². The molecule has 0 heterocycles. The molecule has 9 heteroatoms. The first kappa shape index (κ1) is 33.2. The van der Waals surface area contributed by atoms with E-state index in [1.165, 1.54) is 6.08 Å². The molecule has 0 aromatic rings. The van der Waals surface area contributed by atoms with Crippen molar-refractivity contribution in [3.63, 3.8) is 0 Å². The number of hydrogen-bond acceptors (Lipinski definition) is 6. The highest BCUT2D eigenvalue weighted by atomic mass is 31.2. The zero-order valence-corrected chi connectivity index (χ0v) is 23.2. The summed E-state index contributed by atoms with van der Waals surface area (Å²) in [6.07, 6.45) is 5.24. The van der Waals surface area contributed by atoms with Crippen LogP contribution in [0.15, 0.2) is 12.2 Å². The molecule has 0 N–H and O–H groups in total. The number of ketones is 5. The van der Waals surface area contributed by atoms with E-state index in [-0.39, 0.29) is 93.4 Å². The Hall–Kier alpha value is -1.76. The molecule has 0 saturated carbocycles. The summed E-state index contributed by atoms with van der Waals surface area (Å²) in [5.74, 6) is -0.106. The molecule has 0 aromatic heterocycles. The zero-order chi connectivity index (χ0) is 26.9. The van der Waals surface area contributed by atoms with Crippen LogP contribution in [0.5, 0.6) is 0 Å². The molecule has 0 aliphatic carbocycles. The number of Topliss-reactive ketones (excluding diaryl/α,β-unsaturated/α-hetero) is 4. The fourth-order valence-corrected chi connectivity index (χ4v) is 6.64. The van der Waals surface area contributed by atoms with Gasteiger partial charge in [-0.2, -0.15) is 0 Å². The first-order valence-corrected chi connectivity index (χ1v) is 14.7. The largest absolute Gasteiger partial charge is 0.300 e. The van der Waals surface area contributed by atoms with Crippen molar-refractivity contribution in [3.8, 4) is 0 Å². The predicted molar refractivity (Wildman–Crippen MR) is 140 cm³/mol. The van der Waals surface area contributed by atoms with Gasteiger partial charge in [0, 0.05) is 90.1 Å². The summed E-state index contributed by atoms with van der Waals surface area (Å²) >= 11 is 0. The molecule has 0 bridgehead atoms. The standard InChI is InChI=1S/C26H45N2O6P/c1-6-11-26(33)16-21-35(34,27(17-12-22(29)7-2)18-13-23(30)8-3)28(19-14-24(31)9-4)20-15-25(32)10-5/h6,11H,7-10,12-21H2,1-5H3. The molecule has 0 aliphatic heterocycles. The highest BCUT2D eigenvalue weighted by Crippen LogP contribution is 2.54. The third kappa shape index (κ3) is 13.2. The first-order valence-electron chi connectivity index (χ1n) is 12.9. The highest BCUT2D eigenvalue weighted by Gasteiger charge is 2.37. The van der Waals surface area contributed by atoms with E-state index in [9.17, 15) is 28.5 Å². The van der Waals surface area contributed by atoms with Gasteiger partial charge in [-0.3, -0.25) is 28.5 Å². The van der Waals surface area contributed by atoms with Gasteiger partial charge in [0.15, 0.2) is 5.78 Å². The first-order chi connectivity index (χ1) is 16.6. The predicted octanol–water partition coefficient (Wildman–Crippen LogP) is 4.80. The monoisotopic (exact) mass is 512 g/mol. The Kier molecular flexibility index (Phi) is 17.6. The zero-order valence-electron chi connectivity index (χ0n) is 22.3. The van der Waals surface area contributed by atoms with Crippen molar-refractivity contribution in [2.24, 2.45) is 0 Å². The summed E-state index contributed by atoms with van der Waals surface area (Å²) in [5, 5.41) is 0. The molecule has 0 rings (SSSR count). The molecule has 0 radical (unpaired) electrons. The Balaban J connectivity index is 6.29. The van der Waals surface area contributed by atoms with Crippen molar-refractivity contribution in [1.29, 1.82) is 0 Å². The van der Waals surface area contributed by atoms with Crippen LogP contribution in [0, 0.1) is 0 Å². The minimum Gasteiger partial charge on any atom is -0.300 e. The van der Waals surface area contributed by atoms with Gasteiger partial charge in [-0.15, -0.1) is 0 Å². The number of hydrogen-bond donors (Lipinski definition) is 0. The van der Waals surface area contributed by atoms with Crippen LogP contribution in [0.25, 0.3) is 0 Å². The van der Waals surface area contributed by atoms with E-state index in [2.05, 4.69) is 0 Å². The normalized spacial score (nSPS) is 12.0. The van der Waals surface area contributed by atoms with Gasteiger partial charge >= 0.3 is 0 Å². The van der Waals surface area contributed by atoms with Gasteiger partial charge in [0.25, 0.3) is 0 Å². The van der Waals surface area contributed by atoms with Crippen LogP contribution >= 0.6 is 7.44 Å². The molecule has 0 fully saturated rings. The maximum absolute atomic E-state index is 14.8. The molecule has 0 aliphatic rings. The van der Waals surface area contributed by atoms with Gasteiger partial charge in [-0.05, 0) is 13.0 Å². The number of rotatable bonds is 22. The fourth-order valence-electron chi connectivity index (χ4n) is 3.56. The van der Waals surface area contributed by atoms with Crippen LogP contribution in [-0.2, 0) is 28.5 Å². The Morgan fingerprint density at radius 2 is 0.914 bits per heavy atom. The maximum atomic E-state index is 14.8. The molecule has 0 atom stereocenters. The van der Waals surface area contributed by atoms with Crippen molar-refractivity contribution >= 4 is 36.4 Å². The highest BCUT2D eigenvalue weighted by molar-refractivity contribution is 7.59. The smallest absolute Gasteiger partial charge is 0.217 e. The molecule has 0 saturated heterocycles. The lowest BCUT2D eigenvalue weighted by Gasteiger charge is -2.39. The van der Waals surface area contributed by atoms with E-state index in [1.807, 2.05) is 0 Å². The SMILES string of the molecule is CC=CC(=O)CCP(=O)(N(CCC(=O)CC)CCC(=O)CC)N(CCC(=O)CC)CCC(=O)CC. The van der Waals surface area contributed by atoms with Crippen molar-refractivity contribution in [2.75, 3.05) is 32.3 Å². The van der Waals surface area contributed by atoms with Gasteiger partial charge < -0.3 is 0 Å². The second kappa shape index (κ2) is 18.5. The van der Waals surface area contributed by atoms with Gasteiger partial charge in [-0.25, -0.2) is 9.34 Å². The van der Waals surface area contributed by atoms with E-state index in [1.54, 1.807) is 50.0 Å². The lowest BCUT2D eigenvalue weighted by atomic mass is 10.2.